The van der Waals surface area contributed by atoms with Gasteiger partial charge in [0.05, 0.1) is 16.4 Å². The Balaban J connectivity index is 1.74. The average molecular weight is 311 g/mol. The van der Waals surface area contributed by atoms with Crippen LogP contribution in [0.3, 0.4) is 0 Å². The largest absolute Gasteiger partial charge is 0.310 e. The van der Waals surface area contributed by atoms with Crippen LogP contribution in [0.5, 0.6) is 0 Å². The lowest BCUT2D eigenvalue weighted by atomic mass is 9.81. The molecule has 3 rings (SSSR count). The summed E-state index contributed by atoms with van der Waals surface area (Å²) in [6.45, 7) is 6.34. The molecule has 1 N–H and O–H groups in total. The minimum atomic E-state index is 0.342. The molecule has 2 heterocycles. The van der Waals surface area contributed by atoms with Crippen molar-refractivity contribution in [3.8, 4) is 0 Å². The lowest BCUT2D eigenvalue weighted by Gasteiger charge is -2.40. The van der Waals surface area contributed by atoms with Crippen molar-refractivity contribution in [1.29, 1.82) is 0 Å². The van der Waals surface area contributed by atoms with Crippen molar-refractivity contribution in [3.05, 3.63) is 16.4 Å². The van der Waals surface area contributed by atoms with Crippen molar-refractivity contribution in [2.75, 3.05) is 19.6 Å². The first-order valence-electron chi connectivity index (χ1n) is 8.25. The van der Waals surface area contributed by atoms with E-state index in [0.29, 0.717) is 5.54 Å². The van der Waals surface area contributed by atoms with E-state index in [1.807, 2.05) is 18.7 Å². The molecule has 1 aromatic heterocycles. The lowest BCUT2D eigenvalue weighted by molar-refractivity contribution is 0.157. The summed E-state index contributed by atoms with van der Waals surface area (Å²) in [6.07, 6.45) is 7.99. The highest BCUT2D eigenvalue weighted by Crippen LogP contribution is 2.31. The number of aromatic nitrogens is 2. The Bertz CT molecular complexity index is 491. The Morgan fingerprint density at radius 2 is 2.00 bits per heavy atom. The van der Waals surface area contributed by atoms with Crippen molar-refractivity contribution in [1.82, 2.24) is 20.0 Å². The summed E-state index contributed by atoms with van der Waals surface area (Å²) in [5, 5.41) is 9.14. The fourth-order valence-electron chi connectivity index (χ4n) is 3.98. The fourth-order valence-corrected chi connectivity index (χ4v) is 4.20. The molecule has 0 radical (unpaired) electrons. The number of aryl methyl sites for hydroxylation is 2. The normalized spacial score (nSPS) is 23.4. The van der Waals surface area contributed by atoms with Gasteiger partial charge in [-0.2, -0.15) is 5.10 Å². The van der Waals surface area contributed by atoms with Crippen molar-refractivity contribution in [2.45, 2.75) is 57.5 Å². The number of halogens is 1. The maximum absolute atomic E-state index is 6.43. The van der Waals surface area contributed by atoms with Crippen molar-refractivity contribution >= 4 is 11.6 Å². The molecule has 1 aliphatic carbocycles. The molecule has 0 unspecified atom stereocenters. The fraction of sp³-hybridized carbons (Fsp3) is 0.812. The second-order valence-corrected chi connectivity index (χ2v) is 7.18. The quantitative estimate of drug-likeness (QED) is 0.912. The third-order valence-corrected chi connectivity index (χ3v) is 5.61. The van der Waals surface area contributed by atoms with E-state index < -0.39 is 0 Å². The molecule has 0 atom stereocenters. The van der Waals surface area contributed by atoms with Crippen LogP contribution >= 0.6 is 11.6 Å². The van der Waals surface area contributed by atoms with Gasteiger partial charge in [-0.3, -0.25) is 9.58 Å². The summed E-state index contributed by atoms with van der Waals surface area (Å²) in [6, 6.07) is 0. The maximum atomic E-state index is 6.43. The zero-order valence-electron chi connectivity index (χ0n) is 13.3. The van der Waals surface area contributed by atoms with Crippen molar-refractivity contribution in [3.63, 3.8) is 0 Å². The smallest absolute Gasteiger partial charge is 0.0860 e. The van der Waals surface area contributed by atoms with Crippen LogP contribution in [0.4, 0.5) is 0 Å². The number of nitrogens with zero attached hydrogens (tertiary/aromatic N) is 3. The van der Waals surface area contributed by atoms with E-state index >= 15 is 0 Å². The highest BCUT2D eigenvalue weighted by atomic mass is 35.5. The Hall–Kier alpha value is -0.580. The minimum Gasteiger partial charge on any atom is -0.310 e. The first-order valence-corrected chi connectivity index (χ1v) is 8.63. The van der Waals surface area contributed by atoms with Crippen LogP contribution in [0.2, 0.25) is 5.02 Å². The van der Waals surface area contributed by atoms with Crippen LogP contribution in [-0.2, 0) is 13.6 Å². The Kier molecular flexibility index (Phi) is 4.57. The molecule has 4 nitrogen and oxygen atoms in total. The van der Waals surface area contributed by atoms with Crippen LogP contribution in [0.25, 0.3) is 0 Å². The van der Waals surface area contributed by atoms with Gasteiger partial charge in [0, 0.05) is 25.7 Å². The van der Waals surface area contributed by atoms with Crippen LogP contribution in [0.15, 0.2) is 0 Å². The Morgan fingerprint density at radius 1 is 1.24 bits per heavy atom. The number of hydrogen-bond acceptors (Lipinski definition) is 3. The number of hydrogen-bond donors (Lipinski definition) is 1. The van der Waals surface area contributed by atoms with E-state index in [-0.39, 0.29) is 0 Å². The van der Waals surface area contributed by atoms with Crippen LogP contribution in [-0.4, -0.2) is 39.9 Å². The number of nitrogens with one attached hydrogen (secondary N) is 1. The predicted octanol–water partition coefficient (Wildman–Crippen LogP) is 2.88. The van der Waals surface area contributed by atoms with Gasteiger partial charge in [0.25, 0.3) is 0 Å². The Morgan fingerprint density at radius 3 is 2.67 bits per heavy atom. The first-order chi connectivity index (χ1) is 10.1. The molecule has 5 heteroatoms. The van der Waals surface area contributed by atoms with Gasteiger partial charge in [-0.1, -0.05) is 30.9 Å². The summed E-state index contributed by atoms with van der Waals surface area (Å²) >= 11 is 6.43. The van der Waals surface area contributed by atoms with Crippen LogP contribution in [0, 0.1) is 6.92 Å². The van der Waals surface area contributed by atoms with E-state index in [4.69, 9.17) is 11.6 Å². The van der Waals surface area contributed by atoms with Gasteiger partial charge in [0.1, 0.15) is 0 Å². The highest BCUT2D eigenvalue weighted by Gasteiger charge is 2.35. The van der Waals surface area contributed by atoms with E-state index in [1.165, 1.54) is 38.5 Å². The van der Waals surface area contributed by atoms with E-state index in [9.17, 15) is 0 Å². The van der Waals surface area contributed by atoms with Gasteiger partial charge in [-0.25, -0.2) is 0 Å². The molecule has 2 aliphatic rings. The zero-order chi connectivity index (χ0) is 14.9. The minimum absolute atomic E-state index is 0.342. The molecule has 0 aromatic carbocycles. The summed E-state index contributed by atoms with van der Waals surface area (Å²) in [5.74, 6) is 0. The predicted molar refractivity (Wildman–Crippen MR) is 86.7 cm³/mol. The third kappa shape index (κ3) is 3.27. The second-order valence-electron chi connectivity index (χ2n) is 6.80. The molecule has 1 aliphatic heterocycles. The van der Waals surface area contributed by atoms with E-state index in [1.54, 1.807) is 0 Å². The molecule has 0 bridgehead atoms. The van der Waals surface area contributed by atoms with Gasteiger partial charge in [0.15, 0.2) is 0 Å². The molecule has 21 heavy (non-hydrogen) atoms. The maximum Gasteiger partial charge on any atom is 0.0860 e. The molecular weight excluding hydrogens is 284 g/mol. The lowest BCUT2D eigenvalue weighted by Crippen LogP contribution is -2.52. The third-order valence-electron chi connectivity index (χ3n) is 5.12. The van der Waals surface area contributed by atoms with Gasteiger partial charge in [-0.15, -0.1) is 0 Å². The molecule has 1 aromatic rings. The van der Waals surface area contributed by atoms with Gasteiger partial charge < -0.3 is 5.32 Å². The van der Waals surface area contributed by atoms with Crippen molar-refractivity contribution < 1.29 is 0 Å². The van der Waals surface area contributed by atoms with Crippen molar-refractivity contribution in [2.24, 2.45) is 7.05 Å². The topological polar surface area (TPSA) is 33.1 Å². The van der Waals surface area contributed by atoms with Gasteiger partial charge in [-0.05, 0) is 39.3 Å². The summed E-state index contributed by atoms with van der Waals surface area (Å²) in [7, 11) is 2.00. The van der Waals surface area contributed by atoms with E-state index in [0.717, 1.165) is 42.6 Å². The average Bonchev–Trinajstić information content (AvgIpc) is 2.64. The highest BCUT2D eigenvalue weighted by molar-refractivity contribution is 6.31. The van der Waals surface area contributed by atoms with E-state index in [2.05, 4.69) is 15.3 Å². The summed E-state index contributed by atoms with van der Waals surface area (Å²) in [4.78, 5) is 2.58. The molecule has 1 saturated carbocycles. The summed E-state index contributed by atoms with van der Waals surface area (Å²) in [5.41, 5.74) is 2.44. The molecule has 118 valence electrons. The first kappa shape index (κ1) is 15.3. The standard InChI is InChI=1S/C16H27ClN4/c1-13-15(17)14(20(2)19-13)11-21-10-6-9-18-16(12-21)7-4-3-5-8-16/h18H,3-12H2,1-2H3. The van der Waals surface area contributed by atoms with Crippen LogP contribution < -0.4 is 5.32 Å². The number of rotatable bonds is 2. The molecular formula is C16H27ClN4. The molecule has 1 saturated heterocycles. The summed E-state index contributed by atoms with van der Waals surface area (Å²) < 4.78 is 1.95. The molecule has 0 amide bonds. The van der Waals surface area contributed by atoms with Crippen LogP contribution in [0.1, 0.15) is 49.9 Å². The molecule has 1 spiro atoms. The monoisotopic (exact) mass is 310 g/mol. The Labute approximate surface area is 132 Å². The van der Waals surface area contributed by atoms with Gasteiger partial charge in [0.2, 0.25) is 0 Å². The molecule has 2 fully saturated rings. The second kappa shape index (κ2) is 6.27. The SMILES string of the molecule is Cc1nn(C)c(CN2CCCNC3(CCCCC3)C2)c1Cl. The zero-order valence-corrected chi connectivity index (χ0v) is 14.0. The van der Waals surface area contributed by atoms with Gasteiger partial charge >= 0.3 is 0 Å².